The lowest BCUT2D eigenvalue weighted by Crippen LogP contribution is -2.38. The summed E-state index contributed by atoms with van der Waals surface area (Å²) in [7, 11) is 0. The fraction of sp³-hybridized carbons (Fsp3) is 0.500. The molecule has 0 radical (unpaired) electrons. The quantitative estimate of drug-likeness (QED) is 0.875. The van der Waals surface area contributed by atoms with Crippen LogP contribution < -0.4 is 0 Å². The third-order valence-electron chi connectivity index (χ3n) is 5.22. The van der Waals surface area contributed by atoms with Gasteiger partial charge in [-0.2, -0.15) is 0 Å². The Kier molecular flexibility index (Phi) is 5.53. The van der Waals surface area contributed by atoms with Crippen molar-refractivity contribution < 1.29 is 9.90 Å². The molecule has 1 fully saturated rings. The van der Waals surface area contributed by atoms with Crippen LogP contribution in [0.5, 0.6) is 0 Å². The summed E-state index contributed by atoms with van der Waals surface area (Å²) >= 11 is 0. The fourth-order valence-electron chi connectivity index (χ4n) is 3.72. The molecule has 1 unspecified atom stereocenters. The van der Waals surface area contributed by atoms with Crippen LogP contribution >= 0.6 is 0 Å². The van der Waals surface area contributed by atoms with E-state index >= 15 is 0 Å². The first kappa shape index (κ1) is 17.7. The second-order valence-electron chi connectivity index (χ2n) is 7.14. The van der Waals surface area contributed by atoms with Crippen molar-refractivity contribution in [1.82, 2.24) is 14.5 Å². The Hall–Kier alpha value is -2.14. The summed E-state index contributed by atoms with van der Waals surface area (Å²) in [5, 5.41) is 9.79. The highest BCUT2D eigenvalue weighted by Crippen LogP contribution is 2.30. The second-order valence-corrected chi connectivity index (χ2v) is 7.14. The van der Waals surface area contributed by atoms with Crippen molar-refractivity contribution in [1.29, 1.82) is 0 Å². The Morgan fingerprint density at radius 2 is 1.92 bits per heavy atom. The smallest absolute Gasteiger partial charge is 0.327 e. The maximum absolute atomic E-state index is 11.9. The standard InChI is InChI=1S/C20H27N3O2/c1-15(2)22-11-8-17(9-12-22)19-21-10-13-23(19)18(20(24)25)14-16-6-4-3-5-7-16/h3-7,10,13,15,17-18H,8-9,11-12,14H2,1-2H3,(H,24,25). The monoisotopic (exact) mass is 341 g/mol. The van der Waals surface area contributed by atoms with Crippen molar-refractivity contribution in [2.75, 3.05) is 13.1 Å². The van der Waals surface area contributed by atoms with Crippen LogP contribution in [-0.4, -0.2) is 44.7 Å². The molecule has 25 heavy (non-hydrogen) atoms. The number of piperidine rings is 1. The minimum absolute atomic E-state index is 0.336. The molecule has 1 aliphatic rings. The molecule has 0 aliphatic carbocycles. The molecule has 3 rings (SSSR count). The minimum Gasteiger partial charge on any atom is -0.480 e. The van der Waals surface area contributed by atoms with Gasteiger partial charge >= 0.3 is 5.97 Å². The lowest BCUT2D eigenvalue weighted by atomic mass is 9.94. The van der Waals surface area contributed by atoms with Crippen LogP contribution in [0.1, 0.15) is 50.0 Å². The van der Waals surface area contributed by atoms with Gasteiger partial charge in [0.25, 0.3) is 0 Å². The third-order valence-corrected chi connectivity index (χ3v) is 5.22. The number of carboxylic acid groups (broad SMARTS) is 1. The van der Waals surface area contributed by atoms with Crippen molar-refractivity contribution in [2.24, 2.45) is 0 Å². The number of benzene rings is 1. The molecule has 5 nitrogen and oxygen atoms in total. The number of carbonyl (C=O) groups is 1. The first-order valence-electron chi connectivity index (χ1n) is 9.09. The normalized spacial score (nSPS) is 17.7. The summed E-state index contributed by atoms with van der Waals surface area (Å²) in [6.07, 6.45) is 6.11. The molecule has 5 heteroatoms. The number of likely N-dealkylation sites (tertiary alicyclic amines) is 1. The van der Waals surface area contributed by atoms with Crippen LogP contribution in [0, 0.1) is 0 Å². The Balaban J connectivity index is 1.78. The van der Waals surface area contributed by atoms with Gasteiger partial charge in [0.1, 0.15) is 11.9 Å². The molecule has 0 saturated carbocycles. The summed E-state index contributed by atoms with van der Waals surface area (Å²) in [6, 6.07) is 9.76. The number of hydrogen-bond acceptors (Lipinski definition) is 3. The van der Waals surface area contributed by atoms with Crippen molar-refractivity contribution in [3.8, 4) is 0 Å². The summed E-state index contributed by atoms with van der Waals surface area (Å²) in [5.41, 5.74) is 1.03. The van der Waals surface area contributed by atoms with Gasteiger partial charge in [0.2, 0.25) is 0 Å². The molecule has 0 amide bonds. The summed E-state index contributed by atoms with van der Waals surface area (Å²) in [5.74, 6) is 0.456. The number of rotatable bonds is 6. The SMILES string of the molecule is CC(C)N1CCC(c2nccn2C(Cc2ccccc2)C(=O)O)CC1. The van der Waals surface area contributed by atoms with Gasteiger partial charge in [-0.1, -0.05) is 30.3 Å². The number of aliphatic carboxylic acids is 1. The molecule has 0 bridgehead atoms. The van der Waals surface area contributed by atoms with E-state index in [0.717, 1.165) is 37.3 Å². The summed E-state index contributed by atoms with van der Waals surface area (Å²) in [6.45, 7) is 6.54. The molecule has 1 aromatic carbocycles. The van der Waals surface area contributed by atoms with Gasteiger partial charge in [-0.25, -0.2) is 9.78 Å². The highest BCUT2D eigenvalue weighted by Gasteiger charge is 2.29. The molecular weight excluding hydrogens is 314 g/mol. The van der Waals surface area contributed by atoms with E-state index < -0.39 is 12.0 Å². The Morgan fingerprint density at radius 3 is 2.52 bits per heavy atom. The predicted molar refractivity (Wildman–Crippen MR) is 97.7 cm³/mol. The summed E-state index contributed by atoms with van der Waals surface area (Å²) in [4.78, 5) is 18.9. The van der Waals surface area contributed by atoms with Crippen molar-refractivity contribution >= 4 is 5.97 Å². The molecule has 0 spiro atoms. The van der Waals surface area contributed by atoms with Gasteiger partial charge in [0, 0.05) is 30.8 Å². The zero-order chi connectivity index (χ0) is 17.8. The molecule has 1 aliphatic heterocycles. The maximum Gasteiger partial charge on any atom is 0.327 e. The molecule has 1 N–H and O–H groups in total. The van der Waals surface area contributed by atoms with Crippen molar-refractivity contribution in [3.05, 3.63) is 54.1 Å². The molecule has 1 saturated heterocycles. The van der Waals surface area contributed by atoms with Crippen molar-refractivity contribution in [3.63, 3.8) is 0 Å². The van der Waals surface area contributed by atoms with E-state index in [1.807, 2.05) is 41.1 Å². The van der Waals surface area contributed by atoms with E-state index in [1.165, 1.54) is 0 Å². The van der Waals surface area contributed by atoms with Gasteiger partial charge in [-0.05, 0) is 45.3 Å². The second kappa shape index (κ2) is 7.83. The van der Waals surface area contributed by atoms with E-state index in [1.54, 1.807) is 6.20 Å². The predicted octanol–water partition coefficient (Wildman–Crippen LogP) is 3.34. The van der Waals surface area contributed by atoms with Crippen LogP contribution in [0.3, 0.4) is 0 Å². The third kappa shape index (κ3) is 4.10. The molecule has 2 heterocycles. The van der Waals surface area contributed by atoms with Gasteiger partial charge in [-0.3, -0.25) is 0 Å². The maximum atomic E-state index is 11.9. The first-order valence-corrected chi connectivity index (χ1v) is 9.09. The van der Waals surface area contributed by atoms with Crippen LogP contribution in [0.15, 0.2) is 42.7 Å². The average Bonchev–Trinajstić information content (AvgIpc) is 3.09. The van der Waals surface area contributed by atoms with E-state index in [4.69, 9.17) is 0 Å². The zero-order valence-electron chi connectivity index (χ0n) is 15.0. The molecule has 2 aromatic rings. The topological polar surface area (TPSA) is 58.4 Å². The van der Waals surface area contributed by atoms with Crippen LogP contribution in [-0.2, 0) is 11.2 Å². The average molecular weight is 341 g/mol. The Labute approximate surface area is 149 Å². The van der Waals surface area contributed by atoms with Gasteiger partial charge < -0.3 is 14.6 Å². The lowest BCUT2D eigenvalue weighted by molar-refractivity contribution is -0.141. The number of carboxylic acids is 1. The zero-order valence-corrected chi connectivity index (χ0v) is 15.0. The molecule has 1 aromatic heterocycles. The number of hydrogen-bond donors (Lipinski definition) is 1. The first-order chi connectivity index (χ1) is 12.1. The fourth-order valence-corrected chi connectivity index (χ4v) is 3.72. The molecule has 134 valence electrons. The highest BCUT2D eigenvalue weighted by atomic mass is 16.4. The highest BCUT2D eigenvalue weighted by molar-refractivity contribution is 5.72. The number of nitrogens with zero attached hydrogens (tertiary/aromatic N) is 3. The largest absolute Gasteiger partial charge is 0.480 e. The van der Waals surface area contributed by atoms with Crippen molar-refractivity contribution in [2.45, 2.75) is 51.1 Å². The van der Waals surface area contributed by atoms with Gasteiger partial charge in [-0.15, -0.1) is 0 Å². The Morgan fingerprint density at radius 1 is 1.24 bits per heavy atom. The van der Waals surface area contributed by atoms with E-state index in [2.05, 4.69) is 23.7 Å². The Bertz CT molecular complexity index is 688. The lowest BCUT2D eigenvalue weighted by Gasteiger charge is -2.34. The van der Waals surface area contributed by atoms with Crippen LogP contribution in [0.25, 0.3) is 0 Å². The van der Waals surface area contributed by atoms with E-state index in [-0.39, 0.29) is 0 Å². The number of aromatic nitrogens is 2. The van der Waals surface area contributed by atoms with Crippen LogP contribution in [0.4, 0.5) is 0 Å². The minimum atomic E-state index is -0.803. The van der Waals surface area contributed by atoms with Gasteiger partial charge in [0.05, 0.1) is 0 Å². The molecular formula is C20H27N3O2. The van der Waals surface area contributed by atoms with Gasteiger partial charge in [0.15, 0.2) is 0 Å². The van der Waals surface area contributed by atoms with E-state index in [9.17, 15) is 9.90 Å². The van der Waals surface area contributed by atoms with Crippen LogP contribution in [0.2, 0.25) is 0 Å². The summed E-state index contributed by atoms with van der Waals surface area (Å²) < 4.78 is 1.88. The van der Waals surface area contributed by atoms with E-state index in [0.29, 0.717) is 18.4 Å². The molecule has 1 atom stereocenters. The number of imidazole rings is 1.